The fraction of sp³-hybridized carbons (Fsp3) is 0.562. The summed E-state index contributed by atoms with van der Waals surface area (Å²) in [6.45, 7) is 6.41. The number of aromatic nitrogens is 1. The van der Waals surface area contributed by atoms with E-state index < -0.39 is 15.1 Å². The highest BCUT2D eigenvalue weighted by atomic mass is 35.5. The maximum absolute atomic E-state index is 13.0. The highest BCUT2D eigenvalue weighted by Crippen LogP contribution is 2.41. The molecule has 2 N–H and O–H groups in total. The predicted molar refractivity (Wildman–Crippen MR) is 90.5 cm³/mol. The molecule has 1 aromatic carbocycles. The molecule has 0 amide bonds. The molecule has 3 rings (SSSR count). The van der Waals surface area contributed by atoms with Gasteiger partial charge < -0.3 is 10.2 Å². The lowest BCUT2D eigenvalue weighted by molar-refractivity contribution is 0.324. The summed E-state index contributed by atoms with van der Waals surface area (Å²) in [6, 6.07) is 3.27. The van der Waals surface area contributed by atoms with E-state index in [1.165, 1.54) is 0 Å². The van der Waals surface area contributed by atoms with Crippen LogP contribution in [0.25, 0.3) is 11.1 Å². The van der Waals surface area contributed by atoms with E-state index in [1.807, 2.05) is 20.8 Å². The van der Waals surface area contributed by atoms with Crippen LogP contribution >= 0.6 is 11.6 Å². The molecule has 5 nitrogen and oxygen atoms in total. The molecule has 7 heteroatoms. The number of hydrogen-bond donors (Lipinski definition) is 1. The molecule has 126 valence electrons. The zero-order valence-electron chi connectivity index (χ0n) is 13.5. The van der Waals surface area contributed by atoms with Gasteiger partial charge in [0.1, 0.15) is 10.4 Å². The van der Waals surface area contributed by atoms with Crippen LogP contribution in [-0.2, 0) is 15.3 Å². The van der Waals surface area contributed by atoms with E-state index in [0.29, 0.717) is 30.8 Å². The smallest absolute Gasteiger partial charge is 0.200 e. The van der Waals surface area contributed by atoms with Crippen LogP contribution in [0, 0.1) is 5.92 Å². The molecule has 2 aromatic rings. The summed E-state index contributed by atoms with van der Waals surface area (Å²) >= 11 is 6.22. The molecular weight excluding hydrogens is 336 g/mol. The third-order valence-electron chi connectivity index (χ3n) is 4.35. The largest absolute Gasteiger partial charge is 0.439 e. The Kier molecular flexibility index (Phi) is 3.98. The molecule has 1 aliphatic rings. The first kappa shape index (κ1) is 16.7. The van der Waals surface area contributed by atoms with E-state index in [4.69, 9.17) is 21.8 Å². The summed E-state index contributed by atoms with van der Waals surface area (Å²) in [4.78, 5) is 4.49. The summed E-state index contributed by atoms with van der Waals surface area (Å²) in [7, 11) is -3.56. The van der Waals surface area contributed by atoms with Gasteiger partial charge in [-0.2, -0.15) is 0 Å². The van der Waals surface area contributed by atoms with Crippen molar-refractivity contribution < 1.29 is 12.8 Å². The van der Waals surface area contributed by atoms with Gasteiger partial charge in [-0.1, -0.05) is 32.4 Å². The van der Waals surface area contributed by atoms with E-state index in [1.54, 1.807) is 12.1 Å². The summed E-state index contributed by atoms with van der Waals surface area (Å²) in [6.07, 6.45) is 1.15. The molecule has 0 spiro atoms. The average Bonchev–Trinajstić information content (AvgIpc) is 2.80. The Morgan fingerprint density at radius 1 is 1.35 bits per heavy atom. The maximum atomic E-state index is 13.0. The first-order valence-electron chi connectivity index (χ1n) is 7.68. The highest BCUT2D eigenvalue weighted by Gasteiger charge is 2.41. The number of sulfone groups is 1. The predicted octanol–water partition coefficient (Wildman–Crippen LogP) is 3.29. The standard InChI is InChI=1S/C16H21ClN2O3S/c1-16(2,3)15-19-12-5-4-11(17)14(13(12)22-15)23(20,21)10-6-9(7-10)8-18/h4-5,9-10H,6-8,18H2,1-3H3/t9-,10+. The quantitative estimate of drug-likeness (QED) is 0.911. The van der Waals surface area contributed by atoms with E-state index in [9.17, 15) is 8.42 Å². The van der Waals surface area contributed by atoms with E-state index >= 15 is 0 Å². The van der Waals surface area contributed by atoms with Crippen molar-refractivity contribution in [3.63, 3.8) is 0 Å². The Balaban J connectivity index is 2.13. The Morgan fingerprint density at radius 2 is 2.00 bits per heavy atom. The Labute approximate surface area is 141 Å². The lowest BCUT2D eigenvalue weighted by Crippen LogP contribution is -2.39. The van der Waals surface area contributed by atoms with Crippen molar-refractivity contribution in [3.05, 3.63) is 23.0 Å². The SMILES string of the molecule is CC(C)(C)c1nc2ccc(Cl)c(S(=O)(=O)[C@H]3C[C@@H](CN)C3)c2o1. The van der Waals surface area contributed by atoms with Crippen LogP contribution in [0.15, 0.2) is 21.4 Å². The Bertz CT molecular complexity index is 846. The van der Waals surface area contributed by atoms with Gasteiger partial charge in [0.05, 0.1) is 10.3 Å². The van der Waals surface area contributed by atoms with Crippen LogP contribution in [0.3, 0.4) is 0 Å². The monoisotopic (exact) mass is 356 g/mol. The first-order valence-corrected chi connectivity index (χ1v) is 9.60. The van der Waals surface area contributed by atoms with E-state index in [-0.39, 0.29) is 26.8 Å². The van der Waals surface area contributed by atoms with Gasteiger partial charge in [0.2, 0.25) is 5.89 Å². The van der Waals surface area contributed by atoms with Gasteiger partial charge >= 0.3 is 0 Å². The van der Waals surface area contributed by atoms with Crippen molar-refractivity contribution in [1.29, 1.82) is 0 Å². The van der Waals surface area contributed by atoms with Crippen LogP contribution in [0.1, 0.15) is 39.5 Å². The van der Waals surface area contributed by atoms with Gasteiger partial charge in [0.25, 0.3) is 0 Å². The number of nitrogens with two attached hydrogens (primary N) is 1. The fourth-order valence-electron chi connectivity index (χ4n) is 2.82. The minimum atomic E-state index is -3.56. The zero-order chi connectivity index (χ0) is 17.0. The van der Waals surface area contributed by atoms with Gasteiger partial charge in [-0.15, -0.1) is 0 Å². The summed E-state index contributed by atoms with van der Waals surface area (Å²) in [5.74, 6) is 0.771. The summed E-state index contributed by atoms with van der Waals surface area (Å²) < 4.78 is 31.7. The van der Waals surface area contributed by atoms with Crippen molar-refractivity contribution in [1.82, 2.24) is 4.98 Å². The molecule has 1 saturated carbocycles. The van der Waals surface area contributed by atoms with Crippen molar-refractivity contribution in [3.8, 4) is 0 Å². The second kappa shape index (κ2) is 5.46. The van der Waals surface area contributed by atoms with Crippen molar-refractivity contribution in [2.24, 2.45) is 11.7 Å². The summed E-state index contributed by atoms with van der Waals surface area (Å²) in [5, 5.41) is -0.257. The number of nitrogens with zero attached hydrogens (tertiary/aromatic N) is 1. The number of rotatable bonds is 3. The second-order valence-corrected chi connectivity index (χ2v) is 9.81. The van der Waals surface area contributed by atoms with Crippen LogP contribution in [-0.4, -0.2) is 25.2 Å². The average molecular weight is 357 g/mol. The van der Waals surface area contributed by atoms with Crippen molar-refractivity contribution in [2.75, 3.05) is 6.54 Å². The van der Waals surface area contributed by atoms with Crippen LogP contribution in [0.5, 0.6) is 0 Å². The summed E-state index contributed by atoms with van der Waals surface area (Å²) in [5.41, 5.74) is 6.07. The normalized spacial score (nSPS) is 22.3. The van der Waals surface area contributed by atoms with Gasteiger partial charge in [-0.3, -0.25) is 0 Å². The van der Waals surface area contributed by atoms with Crippen molar-refractivity contribution >= 4 is 32.5 Å². The van der Waals surface area contributed by atoms with Crippen LogP contribution < -0.4 is 5.73 Å². The molecule has 0 saturated heterocycles. The van der Waals surface area contributed by atoms with Crippen molar-refractivity contribution in [2.45, 2.75) is 49.2 Å². The number of oxazole rings is 1. The molecular formula is C16H21ClN2O3S. The molecule has 1 aliphatic carbocycles. The minimum Gasteiger partial charge on any atom is -0.439 e. The van der Waals surface area contributed by atoms with E-state index in [2.05, 4.69) is 4.98 Å². The van der Waals surface area contributed by atoms with Gasteiger partial charge in [-0.05, 0) is 37.4 Å². The Morgan fingerprint density at radius 3 is 2.57 bits per heavy atom. The molecule has 0 radical (unpaired) electrons. The lowest BCUT2D eigenvalue weighted by Gasteiger charge is -2.33. The maximum Gasteiger partial charge on any atom is 0.200 e. The van der Waals surface area contributed by atoms with Gasteiger partial charge in [0, 0.05) is 5.41 Å². The number of fused-ring (bicyclic) bond motifs is 1. The zero-order valence-corrected chi connectivity index (χ0v) is 15.0. The number of halogens is 1. The molecule has 0 bridgehead atoms. The van der Waals surface area contributed by atoms with Gasteiger partial charge in [-0.25, -0.2) is 13.4 Å². The van der Waals surface area contributed by atoms with Crippen LogP contribution in [0.2, 0.25) is 5.02 Å². The molecule has 0 atom stereocenters. The molecule has 23 heavy (non-hydrogen) atoms. The molecule has 1 fully saturated rings. The molecule has 0 unspecified atom stereocenters. The Hall–Kier alpha value is -1.11. The minimum absolute atomic E-state index is 0.0696. The number of hydrogen-bond acceptors (Lipinski definition) is 5. The fourth-order valence-corrected chi connectivity index (χ4v) is 5.42. The van der Waals surface area contributed by atoms with Gasteiger partial charge in [0.15, 0.2) is 15.4 Å². The van der Waals surface area contributed by atoms with E-state index in [0.717, 1.165) is 0 Å². The second-order valence-electron chi connectivity index (χ2n) is 7.23. The van der Waals surface area contributed by atoms with Crippen LogP contribution in [0.4, 0.5) is 0 Å². The third-order valence-corrected chi connectivity index (χ3v) is 7.02. The molecule has 0 aliphatic heterocycles. The topological polar surface area (TPSA) is 86.2 Å². The number of benzene rings is 1. The molecule has 1 heterocycles. The highest BCUT2D eigenvalue weighted by molar-refractivity contribution is 7.92. The lowest BCUT2D eigenvalue weighted by atomic mass is 9.85. The molecule has 1 aromatic heterocycles. The third kappa shape index (κ3) is 2.77. The first-order chi connectivity index (χ1) is 10.6.